The first-order valence-electron chi connectivity index (χ1n) is 9.88. The summed E-state index contributed by atoms with van der Waals surface area (Å²) >= 11 is 2.40. The lowest BCUT2D eigenvalue weighted by molar-refractivity contribution is -0.118. The van der Waals surface area contributed by atoms with E-state index in [2.05, 4.69) is 16.3 Å². The van der Waals surface area contributed by atoms with E-state index in [0.717, 1.165) is 0 Å². The summed E-state index contributed by atoms with van der Waals surface area (Å²) in [5.41, 5.74) is 12.9. The largest absolute Gasteiger partial charge is 0.465 e. The molecule has 32 heavy (non-hydrogen) atoms. The number of aromatic nitrogens is 2. The molecule has 0 spiro atoms. The molecule has 2 aromatic rings. The van der Waals surface area contributed by atoms with Crippen molar-refractivity contribution < 1.29 is 14.0 Å². The molecular formula is C21H22N6O3S2. The Morgan fingerprint density at radius 2 is 2.16 bits per heavy atom. The van der Waals surface area contributed by atoms with Crippen molar-refractivity contribution >= 4 is 39.9 Å². The molecule has 0 radical (unpaired) electrons. The number of hydrogen-bond acceptors (Lipinski definition) is 10. The monoisotopic (exact) mass is 470 g/mol. The first kappa shape index (κ1) is 22.1. The molecule has 1 aliphatic heterocycles. The van der Waals surface area contributed by atoms with E-state index in [1.807, 2.05) is 20.8 Å². The Balaban J connectivity index is 1.88. The number of nitrogens with zero attached hydrogens (tertiary/aromatic N) is 4. The van der Waals surface area contributed by atoms with Crippen molar-refractivity contribution in [2.75, 3.05) is 10.7 Å². The third kappa shape index (κ3) is 3.91. The Kier molecular flexibility index (Phi) is 5.60. The Labute approximate surface area is 193 Å². The van der Waals surface area contributed by atoms with Gasteiger partial charge in [0, 0.05) is 17.7 Å². The van der Waals surface area contributed by atoms with Gasteiger partial charge in [-0.25, -0.2) is 0 Å². The van der Waals surface area contributed by atoms with Crippen molar-refractivity contribution in [1.29, 1.82) is 5.26 Å². The molecule has 0 bridgehead atoms. The van der Waals surface area contributed by atoms with Crippen LogP contribution in [-0.2, 0) is 9.59 Å². The lowest BCUT2D eigenvalue weighted by Crippen LogP contribution is -2.42. The van der Waals surface area contributed by atoms with Crippen LogP contribution in [0.25, 0.3) is 0 Å². The summed E-state index contributed by atoms with van der Waals surface area (Å²) in [6.45, 7) is 5.85. The number of nitrogens with two attached hydrogens (primary N) is 2. The number of nitriles is 1. The molecule has 1 amide bonds. The van der Waals surface area contributed by atoms with Gasteiger partial charge in [-0.3, -0.25) is 14.5 Å². The maximum atomic E-state index is 13.4. The van der Waals surface area contributed by atoms with Crippen molar-refractivity contribution in [3.63, 3.8) is 0 Å². The van der Waals surface area contributed by atoms with Gasteiger partial charge >= 0.3 is 0 Å². The number of rotatable bonds is 5. The van der Waals surface area contributed by atoms with Crippen LogP contribution in [0.1, 0.15) is 44.1 Å². The number of primary amides is 1. The van der Waals surface area contributed by atoms with Crippen LogP contribution in [0.15, 0.2) is 43.6 Å². The first-order chi connectivity index (χ1) is 15.1. The average molecular weight is 471 g/mol. The topological polar surface area (TPSA) is 152 Å². The van der Waals surface area contributed by atoms with Crippen molar-refractivity contribution in [2.24, 2.45) is 16.9 Å². The molecule has 1 atom stereocenters. The fourth-order valence-electron chi connectivity index (χ4n) is 4.10. The predicted molar refractivity (Wildman–Crippen MR) is 120 cm³/mol. The molecule has 2 aliphatic rings. The summed E-state index contributed by atoms with van der Waals surface area (Å²) in [5, 5.41) is 18.8. The molecule has 166 valence electrons. The van der Waals surface area contributed by atoms with E-state index >= 15 is 0 Å². The Morgan fingerprint density at radius 3 is 2.78 bits per heavy atom. The summed E-state index contributed by atoms with van der Waals surface area (Å²) in [5.74, 6) is 0.286. The quantitative estimate of drug-likeness (QED) is 0.628. The van der Waals surface area contributed by atoms with Gasteiger partial charge in [0.25, 0.3) is 0 Å². The van der Waals surface area contributed by atoms with E-state index in [1.54, 1.807) is 17.0 Å². The van der Waals surface area contributed by atoms with Gasteiger partial charge in [0.15, 0.2) is 10.1 Å². The van der Waals surface area contributed by atoms with E-state index < -0.39 is 11.8 Å². The molecule has 0 aromatic carbocycles. The first-order valence-corrected chi connectivity index (χ1v) is 11.7. The van der Waals surface area contributed by atoms with E-state index in [-0.39, 0.29) is 28.3 Å². The Morgan fingerprint density at radius 1 is 1.41 bits per heavy atom. The minimum absolute atomic E-state index is 0.0478. The lowest BCUT2D eigenvalue weighted by atomic mass is 9.69. The van der Waals surface area contributed by atoms with Crippen LogP contribution >= 0.6 is 23.1 Å². The number of furan rings is 1. The molecule has 11 heteroatoms. The third-order valence-electron chi connectivity index (χ3n) is 5.35. The minimum Gasteiger partial charge on any atom is -0.465 e. The minimum atomic E-state index is -0.667. The SMILES string of the molecule is Cc1ccc(C2C(C#N)=C(N)N(c3nnc(SCC(N)=O)s3)C3=C2C(=O)CC(C)(C)C3)o1. The molecule has 0 saturated heterocycles. The number of anilines is 1. The molecule has 4 rings (SSSR count). The highest BCUT2D eigenvalue weighted by molar-refractivity contribution is 8.01. The molecular weight excluding hydrogens is 448 g/mol. The van der Waals surface area contributed by atoms with Crippen LogP contribution in [-0.4, -0.2) is 27.6 Å². The van der Waals surface area contributed by atoms with Crippen LogP contribution in [0.5, 0.6) is 0 Å². The maximum Gasteiger partial charge on any atom is 0.227 e. The van der Waals surface area contributed by atoms with E-state index in [1.165, 1.54) is 23.1 Å². The predicted octanol–water partition coefficient (Wildman–Crippen LogP) is 2.96. The zero-order valence-electron chi connectivity index (χ0n) is 17.8. The molecule has 1 aliphatic carbocycles. The zero-order chi connectivity index (χ0) is 23.2. The summed E-state index contributed by atoms with van der Waals surface area (Å²) in [7, 11) is 0. The fourth-order valence-corrected chi connectivity index (χ4v) is 5.72. The number of carbonyl (C=O) groups excluding carboxylic acids is 2. The number of amides is 1. The van der Waals surface area contributed by atoms with Crippen molar-refractivity contribution in [2.45, 2.75) is 43.9 Å². The number of ketones is 1. The average Bonchev–Trinajstić information content (AvgIpc) is 3.33. The maximum absolute atomic E-state index is 13.4. The second kappa shape index (κ2) is 8.11. The second-order valence-corrected chi connectivity index (χ2v) is 10.7. The van der Waals surface area contributed by atoms with Gasteiger partial charge in [-0.15, -0.1) is 10.2 Å². The van der Waals surface area contributed by atoms with Crippen molar-refractivity contribution in [1.82, 2.24) is 10.2 Å². The van der Waals surface area contributed by atoms with Gasteiger partial charge in [-0.1, -0.05) is 36.9 Å². The highest BCUT2D eigenvalue weighted by atomic mass is 32.2. The number of aryl methyl sites for hydroxylation is 1. The van der Waals surface area contributed by atoms with Crippen LogP contribution in [0.4, 0.5) is 5.13 Å². The number of hydrogen-bond donors (Lipinski definition) is 2. The van der Waals surface area contributed by atoms with Crippen molar-refractivity contribution in [3.05, 3.63) is 46.3 Å². The fraction of sp³-hybridized carbons (Fsp3) is 0.381. The standard InChI is InChI=1S/C21H22N6O3S2/c1-10-4-5-14(30-10)16-11(8-22)18(24)27(12-6-21(2,3)7-13(28)17(12)16)19-25-26-20(32-19)31-9-15(23)29/h4-5,16H,6-7,9,24H2,1-3H3,(H2,23,29). The van der Waals surface area contributed by atoms with E-state index in [0.29, 0.717) is 45.1 Å². The molecule has 9 nitrogen and oxygen atoms in total. The van der Waals surface area contributed by atoms with Gasteiger partial charge in [0.05, 0.1) is 23.3 Å². The smallest absolute Gasteiger partial charge is 0.227 e. The lowest BCUT2D eigenvalue weighted by Gasteiger charge is -2.42. The van der Waals surface area contributed by atoms with Crippen molar-refractivity contribution in [3.8, 4) is 6.07 Å². The number of Topliss-reactive ketones (excluding diaryl/α,β-unsaturated/α-hetero) is 1. The summed E-state index contributed by atoms with van der Waals surface area (Å²) in [6, 6.07) is 5.77. The Bertz CT molecular complexity index is 1220. The summed E-state index contributed by atoms with van der Waals surface area (Å²) in [6.07, 6.45) is 0.914. The number of allylic oxidation sites excluding steroid dienone is 3. The molecule has 4 N–H and O–H groups in total. The summed E-state index contributed by atoms with van der Waals surface area (Å²) < 4.78 is 6.37. The molecule has 1 unspecified atom stereocenters. The number of thioether (sulfide) groups is 1. The number of carbonyl (C=O) groups is 2. The highest BCUT2D eigenvalue weighted by Crippen LogP contribution is 2.50. The second-order valence-electron chi connectivity index (χ2n) is 8.53. The van der Waals surface area contributed by atoms with Gasteiger partial charge in [-0.05, 0) is 30.9 Å². The normalized spacial score (nSPS) is 20.4. The molecule has 0 fully saturated rings. The van der Waals surface area contributed by atoms with E-state index in [4.69, 9.17) is 15.9 Å². The van der Waals surface area contributed by atoms with Crippen LogP contribution < -0.4 is 16.4 Å². The highest BCUT2D eigenvalue weighted by Gasteiger charge is 2.46. The summed E-state index contributed by atoms with van der Waals surface area (Å²) in [4.78, 5) is 26.1. The van der Waals surface area contributed by atoms with Crippen LogP contribution in [0.3, 0.4) is 0 Å². The van der Waals surface area contributed by atoms with Gasteiger partial charge in [0.2, 0.25) is 11.0 Å². The zero-order valence-corrected chi connectivity index (χ0v) is 19.5. The van der Waals surface area contributed by atoms with E-state index in [9.17, 15) is 14.9 Å². The molecule has 2 aromatic heterocycles. The molecule has 3 heterocycles. The van der Waals surface area contributed by atoms with Gasteiger partial charge in [0.1, 0.15) is 17.3 Å². The van der Waals surface area contributed by atoms with Crippen LogP contribution in [0.2, 0.25) is 0 Å². The van der Waals surface area contributed by atoms with Crippen LogP contribution in [0, 0.1) is 23.7 Å². The Hall–Kier alpha value is -3.10. The van der Waals surface area contributed by atoms with Gasteiger partial charge < -0.3 is 15.9 Å². The third-order valence-corrected chi connectivity index (χ3v) is 7.42. The van der Waals surface area contributed by atoms with Gasteiger partial charge in [-0.2, -0.15) is 5.26 Å². The molecule has 0 saturated carbocycles.